The van der Waals surface area contributed by atoms with E-state index in [1.165, 1.54) is 0 Å². The molecule has 1 heterocycles. The molecule has 0 fully saturated rings. The van der Waals surface area contributed by atoms with Gasteiger partial charge in [-0.05, 0) is 34.9 Å². The number of rotatable bonds is 3. The fourth-order valence-corrected chi connectivity index (χ4v) is 1.55. The van der Waals surface area contributed by atoms with Gasteiger partial charge in [-0.1, -0.05) is 12.1 Å². The zero-order chi connectivity index (χ0) is 11.4. The van der Waals surface area contributed by atoms with Crippen LogP contribution in [0.3, 0.4) is 0 Å². The van der Waals surface area contributed by atoms with Gasteiger partial charge >= 0.3 is 0 Å². The van der Waals surface area contributed by atoms with Crippen LogP contribution in [-0.2, 0) is 6.42 Å². The Morgan fingerprint density at radius 3 is 2.62 bits per heavy atom. The van der Waals surface area contributed by atoms with Crippen molar-refractivity contribution in [2.75, 3.05) is 7.11 Å². The largest absolute Gasteiger partial charge is 0.497 e. The molecule has 2 rings (SSSR count). The van der Waals surface area contributed by atoms with E-state index in [-0.39, 0.29) is 5.28 Å². The molecule has 3 nitrogen and oxygen atoms in total. The first-order chi connectivity index (χ1) is 7.78. The predicted octanol–water partition coefficient (Wildman–Crippen LogP) is 2.73. The van der Waals surface area contributed by atoms with E-state index in [9.17, 15) is 0 Å². The van der Waals surface area contributed by atoms with E-state index in [0.29, 0.717) is 0 Å². The summed E-state index contributed by atoms with van der Waals surface area (Å²) in [4.78, 5) is 7.88. The standard InChI is InChI=1S/C12H11ClN2O/c1-16-11-4-2-3-9(6-11)5-10-7-14-12(13)15-8-10/h2-4,6-8H,5H2,1H3. The Hall–Kier alpha value is -1.61. The maximum absolute atomic E-state index is 5.62. The van der Waals surface area contributed by atoms with Crippen molar-refractivity contribution in [3.8, 4) is 5.75 Å². The number of hydrogen-bond acceptors (Lipinski definition) is 3. The second-order valence-electron chi connectivity index (χ2n) is 3.39. The molecule has 0 aliphatic carbocycles. The highest BCUT2D eigenvalue weighted by molar-refractivity contribution is 6.28. The molecule has 1 aromatic heterocycles. The van der Waals surface area contributed by atoms with Gasteiger partial charge in [0.2, 0.25) is 5.28 Å². The molecule has 0 saturated heterocycles. The van der Waals surface area contributed by atoms with E-state index < -0.39 is 0 Å². The molecule has 0 unspecified atom stereocenters. The van der Waals surface area contributed by atoms with Crippen molar-refractivity contribution in [2.45, 2.75) is 6.42 Å². The molecular weight excluding hydrogens is 224 g/mol. The number of nitrogens with zero attached hydrogens (tertiary/aromatic N) is 2. The number of ether oxygens (including phenoxy) is 1. The maximum Gasteiger partial charge on any atom is 0.222 e. The summed E-state index contributed by atoms with van der Waals surface area (Å²) < 4.78 is 5.16. The van der Waals surface area contributed by atoms with E-state index in [0.717, 1.165) is 23.3 Å². The highest BCUT2D eigenvalue weighted by Gasteiger charge is 1.99. The number of hydrogen-bond donors (Lipinski definition) is 0. The fraction of sp³-hybridized carbons (Fsp3) is 0.167. The number of aromatic nitrogens is 2. The van der Waals surface area contributed by atoms with Crippen molar-refractivity contribution in [3.63, 3.8) is 0 Å². The molecule has 1 aromatic carbocycles. The first kappa shape index (κ1) is 10.9. The molecule has 0 bridgehead atoms. The topological polar surface area (TPSA) is 35.0 Å². The molecule has 4 heteroatoms. The zero-order valence-corrected chi connectivity index (χ0v) is 9.61. The summed E-state index contributed by atoms with van der Waals surface area (Å²) in [5.74, 6) is 0.854. The van der Waals surface area contributed by atoms with Crippen LogP contribution in [0.15, 0.2) is 36.7 Å². The van der Waals surface area contributed by atoms with Crippen LogP contribution in [0.25, 0.3) is 0 Å². The molecule has 0 N–H and O–H groups in total. The maximum atomic E-state index is 5.62. The quantitative estimate of drug-likeness (QED) is 0.766. The van der Waals surface area contributed by atoms with Gasteiger partial charge in [-0.3, -0.25) is 0 Å². The van der Waals surface area contributed by atoms with Crippen molar-refractivity contribution < 1.29 is 4.74 Å². The lowest BCUT2D eigenvalue weighted by Crippen LogP contribution is -1.92. The van der Waals surface area contributed by atoms with Crippen LogP contribution >= 0.6 is 11.6 Å². The van der Waals surface area contributed by atoms with Gasteiger partial charge in [-0.15, -0.1) is 0 Å². The Morgan fingerprint density at radius 2 is 1.94 bits per heavy atom. The van der Waals surface area contributed by atoms with Gasteiger partial charge in [0.1, 0.15) is 5.75 Å². The Bertz CT molecular complexity index is 471. The van der Waals surface area contributed by atoms with Crippen LogP contribution in [0.4, 0.5) is 0 Å². The number of methoxy groups -OCH3 is 1. The monoisotopic (exact) mass is 234 g/mol. The summed E-state index contributed by atoms with van der Waals surface area (Å²) in [5, 5.41) is 0.273. The SMILES string of the molecule is COc1cccc(Cc2cnc(Cl)nc2)c1. The lowest BCUT2D eigenvalue weighted by molar-refractivity contribution is 0.414. The third kappa shape index (κ3) is 2.70. The van der Waals surface area contributed by atoms with Crippen LogP contribution in [0.1, 0.15) is 11.1 Å². The molecule has 2 aromatic rings. The number of benzene rings is 1. The van der Waals surface area contributed by atoms with Crippen molar-refractivity contribution >= 4 is 11.6 Å². The van der Waals surface area contributed by atoms with Crippen LogP contribution in [0.5, 0.6) is 5.75 Å². The Morgan fingerprint density at radius 1 is 1.19 bits per heavy atom. The van der Waals surface area contributed by atoms with E-state index in [1.54, 1.807) is 19.5 Å². The summed E-state index contributed by atoms with van der Waals surface area (Å²) >= 11 is 5.62. The van der Waals surface area contributed by atoms with Crippen molar-refractivity contribution in [1.29, 1.82) is 0 Å². The third-order valence-corrected chi connectivity index (χ3v) is 2.41. The van der Waals surface area contributed by atoms with Gasteiger partial charge in [0.15, 0.2) is 0 Å². The van der Waals surface area contributed by atoms with E-state index >= 15 is 0 Å². The molecule has 0 saturated carbocycles. The second kappa shape index (κ2) is 4.94. The third-order valence-electron chi connectivity index (χ3n) is 2.22. The summed E-state index contributed by atoms with van der Waals surface area (Å²) in [6.45, 7) is 0. The molecule has 82 valence electrons. The molecule has 16 heavy (non-hydrogen) atoms. The van der Waals surface area contributed by atoms with Crippen molar-refractivity contribution in [2.24, 2.45) is 0 Å². The minimum Gasteiger partial charge on any atom is -0.497 e. The van der Waals surface area contributed by atoms with Gasteiger partial charge in [-0.2, -0.15) is 0 Å². The minimum atomic E-state index is 0.273. The summed E-state index contributed by atoms with van der Waals surface area (Å²) in [5.41, 5.74) is 2.18. The molecule has 0 amide bonds. The van der Waals surface area contributed by atoms with Gasteiger partial charge in [-0.25, -0.2) is 9.97 Å². The lowest BCUT2D eigenvalue weighted by atomic mass is 10.1. The average Bonchev–Trinajstić information content (AvgIpc) is 2.32. The summed E-state index contributed by atoms with van der Waals surface area (Å²) in [7, 11) is 1.66. The van der Waals surface area contributed by atoms with Crippen LogP contribution in [0.2, 0.25) is 5.28 Å². The fourth-order valence-electron chi connectivity index (χ4n) is 1.45. The van der Waals surface area contributed by atoms with Crippen molar-refractivity contribution in [3.05, 3.63) is 53.1 Å². The number of halogens is 1. The van der Waals surface area contributed by atoms with Crippen LogP contribution in [0, 0.1) is 0 Å². The van der Waals surface area contributed by atoms with Crippen LogP contribution in [-0.4, -0.2) is 17.1 Å². The zero-order valence-electron chi connectivity index (χ0n) is 8.85. The lowest BCUT2D eigenvalue weighted by Gasteiger charge is -2.04. The van der Waals surface area contributed by atoms with E-state index in [1.807, 2.05) is 24.3 Å². The van der Waals surface area contributed by atoms with Gasteiger partial charge < -0.3 is 4.74 Å². The predicted molar refractivity (Wildman–Crippen MR) is 62.8 cm³/mol. The average molecular weight is 235 g/mol. The molecule has 0 atom stereocenters. The molecule has 0 spiro atoms. The Balaban J connectivity index is 2.16. The van der Waals surface area contributed by atoms with Crippen LogP contribution < -0.4 is 4.74 Å². The summed E-state index contributed by atoms with van der Waals surface area (Å²) in [6, 6.07) is 7.92. The summed E-state index contributed by atoms with van der Waals surface area (Å²) in [6.07, 6.45) is 4.23. The van der Waals surface area contributed by atoms with E-state index in [4.69, 9.17) is 16.3 Å². The minimum absolute atomic E-state index is 0.273. The second-order valence-corrected chi connectivity index (χ2v) is 3.73. The van der Waals surface area contributed by atoms with Gasteiger partial charge in [0, 0.05) is 18.8 Å². The van der Waals surface area contributed by atoms with Gasteiger partial charge in [0.05, 0.1) is 7.11 Å². The molecule has 0 aliphatic rings. The highest BCUT2D eigenvalue weighted by Crippen LogP contribution is 2.15. The first-order valence-corrected chi connectivity index (χ1v) is 5.25. The van der Waals surface area contributed by atoms with E-state index in [2.05, 4.69) is 9.97 Å². The molecular formula is C12H11ClN2O. The highest BCUT2D eigenvalue weighted by atomic mass is 35.5. The molecule has 0 aliphatic heterocycles. The van der Waals surface area contributed by atoms with Crippen molar-refractivity contribution in [1.82, 2.24) is 9.97 Å². The Kier molecular flexibility index (Phi) is 3.37. The normalized spacial score (nSPS) is 10.1. The molecule has 0 radical (unpaired) electrons. The first-order valence-electron chi connectivity index (χ1n) is 4.87. The van der Waals surface area contributed by atoms with Gasteiger partial charge in [0.25, 0.3) is 0 Å². The Labute approximate surface area is 99.1 Å². The smallest absolute Gasteiger partial charge is 0.222 e.